The van der Waals surface area contributed by atoms with Crippen LogP contribution in [0.5, 0.6) is 5.75 Å². The van der Waals surface area contributed by atoms with Crippen molar-refractivity contribution in [2.75, 3.05) is 25.9 Å². The molecule has 0 bridgehead atoms. The molecule has 1 aliphatic carbocycles. The normalized spacial score (nSPS) is 22.6. The molecule has 2 atom stereocenters. The zero-order valence-corrected chi connectivity index (χ0v) is 27.7. The Morgan fingerprint density at radius 1 is 0.956 bits per heavy atom. The van der Waals surface area contributed by atoms with Crippen LogP contribution < -0.4 is 4.74 Å². The van der Waals surface area contributed by atoms with Gasteiger partial charge in [0, 0.05) is 41.2 Å². The third-order valence-electron chi connectivity index (χ3n) is 9.46. The maximum absolute atomic E-state index is 14.6. The van der Waals surface area contributed by atoms with Crippen molar-refractivity contribution in [1.29, 1.82) is 0 Å². The summed E-state index contributed by atoms with van der Waals surface area (Å²) in [5.41, 5.74) is 2.05. The summed E-state index contributed by atoms with van der Waals surface area (Å²) in [4.78, 5) is 15.7. The van der Waals surface area contributed by atoms with Crippen molar-refractivity contribution in [3.05, 3.63) is 93.2 Å². The number of amides is 1. The Balaban J connectivity index is 1.34. The van der Waals surface area contributed by atoms with Gasteiger partial charge in [-0.3, -0.25) is 4.79 Å². The SMILES string of the molecule is CS(=O)(=O)N1CCC(C(=O)N2CC[C@@]3(S(=O)(=O)c4ccc(F)cc4)c4ccc(OCc5c(Cl)cccc5Cl)cc4CC[C@@H]23)CC1. The van der Waals surface area contributed by atoms with Gasteiger partial charge in [0.2, 0.25) is 15.9 Å². The lowest BCUT2D eigenvalue weighted by Gasteiger charge is -2.43. The van der Waals surface area contributed by atoms with Crippen molar-refractivity contribution in [2.45, 2.75) is 54.4 Å². The first-order chi connectivity index (χ1) is 21.3. The molecule has 0 aromatic heterocycles. The number of benzene rings is 3. The highest BCUT2D eigenvalue weighted by Crippen LogP contribution is 2.53. The lowest BCUT2D eigenvalue weighted by Crippen LogP contribution is -2.53. The number of carbonyl (C=O) groups is 1. The Morgan fingerprint density at radius 2 is 1.62 bits per heavy atom. The van der Waals surface area contributed by atoms with Gasteiger partial charge in [0.25, 0.3) is 0 Å². The van der Waals surface area contributed by atoms with Gasteiger partial charge in [-0.25, -0.2) is 25.5 Å². The van der Waals surface area contributed by atoms with Gasteiger partial charge in [0.05, 0.1) is 17.2 Å². The molecule has 2 saturated heterocycles. The van der Waals surface area contributed by atoms with E-state index in [2.05, 4.69) is 0 Å². The summed E-state index contributed by atoms with van der Waals surface area (Å²) < 4.78 is 73.2. The number of rotatable bonds is 7. The first-order valence-electron chi connectivity index (χ1n) is 14.8. The van der Waals surface area contributed by atoms with Gasteiger partial charge in [-0.1, -0.05) is 35.3 Å². The van der Waals surface area contributed by atoms with Gasteiger partial charge < -0.3 is 9.64 Å². The highest BCUT2D eigenvalue weighted by atomic mass is 35.5. The second kappa shape index (κ2) is 12.2. The van der Waals surface area contributed by atoms with Crippen LogP contribution in [0.1, 0.15) is 42.4 Å². The molecule has 0 saturated carbocycles. The number of sulfone groups is 1. The van der Waals surface area contributed by atoms with E-state index in [1.165, 1.54) is 16.4 Å². The van der Waals surface area contributed by atoms with E-state index in [1.54, 1.807) is 35.2 Å². The van der Waals surface area contributed by atoms with Crippen molar-refractivity contribution in [3.8, 4) is 5.75 Å². The quantitative estimate of drug-likeness (QED) is 0.299. The third-order valence-corrected chi connectivity index (χ3v) is 14.0. The Bertz CT molecular complexity index is 1830. The first-order valence-corrected chi connectivity index (χ1v) is 18.9. The molecule has 0 N–H and O–H groups in total. The van der Waals surface area contributed by atoms with Crippen LogP contribution in [-0.4, -0.2) is 63.9 Å². The molecule has 240 valence electrons. The van der Waals surface area contributed by atoms with Gasteiger partial charge in [0.15, 0.2) is 9.84 Å². The van der Waals surface area contributed by atoms with Crippen LogP contribution in [0, 0.1) is 11.7 Å². The molecule has 0 unspecified atom stereocenters. The van der Waals surface area contributed by atoms with Crippen LogP contribution in [0.15, 0.2) is 65.6 Å². The van der Waals surface area contributed by atoms with Crippen molar-refractivity contribution in [1.82, 2.24) is 9.21 Å². The maximum atomic E-state index is 14.6. The maximum Gasteiger partial charge on any atom is 0.226 e. The Hall–Kier alpha value is -2.70. The first kappa shape index (κ1) is 32.2. The molecule has 2 heterocycles. The zero-order chi connectivity index (χ0) is 32.1. The average molecular weight is 696 g/mol. The lowest BCUT2D eigenvalue weighted by molar-refractivity contribution is -0.138. The summed E-state index contributed by atoms with van der Waals surface area (Å²) in [6.45, 7) is 0.855. The molecule has 3 aromatic rings. The molecule has 0 radical (unpaired) electrons. The van der Waals surface area contributed by atoms with E-state index in [0.717, 1.165) is 24.0 Å². The van der Waals surface area contributed by atoms with E-state index in [4.69, 9.17) is 27.9 Å². The summed E-state index contributed by atoms with van der Waals surface area (Å²) in [6, 6.07) is 14.7. The molecule has 3 aromatic carbocycles. The Morgan fingerprint density at radius 3 is 2.27 bits per heavy atom. The standard InChI is InChI=1S/C32H33Cl2FN2O6S2/c1-44(39,40)36-16-13-21(14-17-36)31(38)37-18-15-32(45(41,42)25-9-6-23(35)7-10-25)27-11-8-24(19-22(27)5-12-30(32)37)43-20-26-28(33)3-2-4-29(26)34/h2-4,6-11,19,21,30H,5,12-18,20H2,1H3/t30-,32-/m1/s1. The van der Waals surface area contributed by atoms with Crippen LogP contribution in [0.4, 0.5) is 4.39 Å². The summed E-state index contributed by atoms with van der Waals surface area (Å²) in [7, 11) is -7.48. The molecule has 8 nitrogen and oxygen atoms in total. The largest absolute Gasteiger partial charge is 0.489 e. The number of hydrogen-bond donors (Lipinski definition) is 0. The van der Waals surface area contributed by atoms with Gasteiger partial charge in [0.1, 0.15) is 22.9 Å². The fraction of sp³-hybridized carbons (Fsp3) is 0.406. The molecule has 6 rings (SSSR count). The second-order valence-electron chi connectivity index (χ2n) is 11.9. The fourth-order valence-electron chi connectivity index (χ4n) is 7.18. The number of likely N-dealkylation sites (tertiary alicyclic amines) is 1. The van der Waals surface area contributed by atoms with Crippen molar-refractivity contribution >= 4 is 49.0 Å². The molecule has 0 spiro atoms. The van der Waals surface area contributed by atoms with E-state index < -0.39 is 42.4 Å². The topological polar surface area (TPSA) is 101 Å². The van der Waals surface area contributed by atoms with Gasteiger partial charge in [-0.2, -0.15) is 0 Å². The average Bonchev–Trinajstić information content (AvgIpc) is 3.42. The number of aryl methyl sites for hydroxylation is 1. The zero-order valence-electron chi connectivity index (χ0n) is 24.6. The van der Waals surface area contributed by atoms with Crippen LogP contribution in [0.2, 0.25) is 10.0 Å². The molecule has 1 amide bonds. The van der Waals surface area contributed by atoms with E-state index in [-0.39, 0.29) is 43.5 Å². The van der Waals surface area contributed by atoms with Crippen molar-refractivity contribution in [3.63, 3.8) is 0 Å². The second-order valence-corrected chi connectivity index (χ2v) is 16.9. The third kappa shape index (κ3) is 5.75. The highest BCUT2D eigenvalue weighted by Gasteiger charge is 2.61. The lowest BCUT2D eigenvalue weighted by atomic mass is 9.78. The predicted molar refractivity (Wildman–Crippen MR) is 170 cm³/mol. The molecule has 45 heavy (non-hydrogen) atoms. The van der Waals surface area contributed by atoms with Crippen LogP contribution in [0.3, 0.4) is 0 Å². The van der Waals surface area contributed by atoms with E-state index in [0.29, 0.717) is 52.6 Å². The van der Waals surface area contributed by atoms with Gasteiger partial charge in [-0.15, -0.1) is 0 Å². The van der Waals surface area contributed by atoms with Crippen LogP contribution in [0.25, 0.3) is 0 Å². The number of fused-ring (bicyclic) bond motifs is 3. The monoisotopic (exact) mass is 694 g/mol. The number of ether oxygens (including phenoxy) is 1. The minimum atomic E-state index is -4.12. The van der Waals surface area contributed by atoms with Crippen molar-refractivity contribution < 1.29 is 30.8 Å². The van der Waals surface area contributed by atoms with E-state index in [1.807, 2.05) is 6.07 Å². The number of carbonyl (C=O) groups excluding carboxylic acids is 1. The van der Waals surface area contributed by atoms with Crippen molar-refractivity contribution in [2.24, 2.45) is 5.92 Å². The summed E-state index contributed by atoms with van der Waals surface area (Å²) in [6.07, 6.45) is 3.00. The minimum absolute atomic E-state index is 0.00815. The summed E-state index contributed by atoms with van der Waals surface area (Å²) >= 11 is 12.6. The van der Waals surface area contributed by atoms with Gasteiger partial charge >= 0.3 is 0 Å². The fourth-order valence-corrected chi connectivity index (χ4v) is 10.9. The van der Waals surface area contributed by atoms with Crippen LogP contribution in [-0.2, 0) is 42.4 Å². The smallest absolute Gasteiger partial charge is 0.226 e. The van der Waals surface area contributed by atoms with Gasteiger partial charge in [-0.05, 0) is 91.8 Å². The molecular weight excluding hydrogens is 662 g/mol. The summed E-state index contributed by atoms with van der Waals surface area (Å²) in [5, 5.41) is 0.954. The van der Waals surface area contributed by atoms with E-state index >= 15 is 0 Å². The number of halogens is 3. The van der Waals surface area contributed by atoms with Crippen LogP contribution >= 0.6 is 23.2 Å². The highest BCUT2D eigenvalue weighted by molar-refractivity contribution is 7.92. The summed E-state index contributed by atoms with van der Waals surface area (Å²) in [5.74, 6) is -0.567. The Labute approximate surface area is 273 Å². The molecule has 2 fully saturated rings. The molecular formula is C32H33Cl2FN2O6S2. The predicted octanol–water partition coefficient (Wildman–Crippen LogP) is 5.60. The Kier molecular flexibility index (Phi) is 8.71. The minimum Gasteiger partial charge on any atom is -0.489 e. The number of sulfonamides is 1. The number of hydrogen-bond acceptors (Lipinski definition) is 6. The molecule has 2 aliphatic heterocycles. The molecule has 13 heteroatoms. The van der Waals surface area contributed by atoms with E-state index in [9.17, 15) is 26.0 Å². The molecule has 3 aliphatic rings. The number of piperidine rings is 1. The number of nitrogens with zero attached hydrogens (tertiary/aromatic N) is 2.